The van der Waals surface area contributed by atoms with E-state index >= 15 is 0 Å². The zero-order valence-corrected chi connectivity index (χ0v) is 13.9. The summed E-state index contributed by atoms with van der Waals surface area (Å²) in [4.78, 5) is 0. The average molecular weight is 318 g/mol. The molecular weight excluding hydrogens is 300 g/mol. The minimum Gasteiger partial charge on any atom is -0.0616 e. The molecule has 5 aromatic carbocycles. The van der Waals surface area contributed by atoms with Gasteiger partial charge < -0.3 is 0 Å². The Balaban J connectivity index is 1.77. The normalized spacial score (nSPS) is 11.4. The SMILES string of the molecule is c1ccc2c(Cc3cc4ccccc4c4ccccc34)cccc2c1. The first-order valence-corrected chi connectivity index (χ1v) is 8.76. The molecule has 0 spiro atoms. The van der Waals surface area contributed by atoms with Crippen molar-refractivity contribution < 1.29 is 0 Å². The summed E-state index contributed by atoms with van der Waals surface area (Å²) in [6.45, 7) is 0. The fourth-order valence-corrected chi connectivity index (χ4v) is 3.93. The van der Waals surface area contributed by atoms with Gasteiger partial charge in [0.1, 0.15) is 0 Å². The smallest absolute Gasteiger partial charge is 0.00132 e. The fraction of sp³-hybridized carbons (Fsp3) is 0.0400. The van der Waals surface area contributed by atoms with Gasteiger partial charge in [-0.25, -0.2) is 0 Å². The molecule has 0 fully saturated rings. The van der Waals surface area contributed by atoms with E-state index < -0.39 is 0 Å². The highest BCUT2D eigenvalue weighted by Gasteiger charge is 2.08. The predicted molar refractivity (Wildman–Crippen MR) is 108 cm³/mol. The van der Waals surface area contributed by atoms with Crippen LogP contribution in [0.1, 0.15) is 11.1 Å². The van der Waals surface area contributed by atoms with Crippen LogP contribution in [0.4, 0.5) is 0 Å². The molecule has 0 aliphatic heterocycles. The molecule has 0 saturated carbocycles. The topological polar surface area (TPSA) is 0 Å². The zero-order valence-electron chi connectivity index (χ0n) is 13.9. The van der Waals surface area contributed by atoms with Crippen LogP contribution in [0.5, 0.6) is 0 Å². The van der Waals surface area contributed by atoms with E-state index in [1.54, 1.807) is 0 Å². The third-order valence-electron chi connectivity index (χ3n) is 5.11. The maximum Gasteiger partial charge on any atom is -0.00132 e. The van der Waals surface area contributed by atoms with Gasteiger partial charge in [0, 0.05) is 0 Å². The van der Waals surface area contributed by atoms with Gasteiger partial charge in [0.25, 0.3) is 0 Å². The van der Waals surface area contributed by atoms with Gasteiger partial charge in [-0.05, 0) is 49.9 Å². The monoisotopic (exact) mass is 318 g/mol. The minimum atomic E-state index is 0.951. The first kappa shape index (κ1) is 14.2. The average Bonchev–Trinajstić information content (AvgIpc) is 2.68. The molecule has 25 heavy (non-hydrogen) atoms. The van der Waals surface area contributed by atoms with E-state index in [2.05, 4.69) is 97.1 Å². The Morgan fingerprint density at radius 2 is 1.00 bits per heavy atom. The molecule has 0 unspecified atom stereocenters. The molecule has 0 aliphatic rings. The minimum absolute atomic E-state index is 0.951. The number of fused-ring (bicyclic) bond motifs is 4. The van der Waals surface area contributed by atoms with E-state index in [0.717, 1.165) is 6.42 Å². The van der Waals surface area contributed by atoms with Gasteiger partial charge in [-0.3, -0.25) is 0 Å². The van der Waals surface area contributed by atoms with Gasteiger partial charge in [0.05, 0.1) is 0 Å². The largest absolute Gasteiger partial charge is 0.0616 e. The summed E-state index contributed by atoms with van der Waals surface area (Å²) in [7, 11) is 0. The van der Waals surface area contributed by atoms with Crippen LogP contribution in [0.3, 0.4) is 0 Å². The first-order valence-electron chi connectivity index (χ1n) is 8.76. The summed E-state index contributed by atoms with van der Waals surface area (Å²) in [5, 5.41) is 8.01. The van der Waals surface area contributed by atoms with E-state index in [4.69, 9.17) is 0 Å². The molecule has 0 aliphatic carbocycles. The van der Waals surface area contributed by atoms with Gasteiger partial charge in [0.2, 0.25) is 0 Å². The lowest BCUT2D eigenvalue weighted by Gasteiger charge is -2.12. The van der Waals surface area contributed by atoms with Gasteiger partial charge in [-0.1, -0.05) is 97.1 Å². The molecule has 0 N–H and O–H groups in total. The lowest BCUT2D eigenvalue weighted by Crippen LogP contribution is -1.92. The molecule has 5 rings (SSSR count). The zero-order chi connectivity index (χ0) is 16.6. The fourth-order valence-electron chi connectivity index (χ4n) is 3.93. The second-order valence-electron chi connectivity index (χ2n) is 6.62. The van der Waals surface area contributed by atoms with Crippen LogP contribution in [-0.4, -0.2) is 0 Å². The summed E-state index contributed by atoms with van der Waals surface area (Å²) in [6.07, 6.45) is 0.951. The van der Waals surface area contributed by atoms with E-state index in [-0.39, 0.29) is 0 Å². The maximum atomic E-state index is 2.36. The quantitative estimate of drug-likeness (QED) is 0.316. The summed E-state index contributed by atoms with van der Waals surface area (Å²) < 4.78 is 0. The highest BCUT2D eigenvalue weighted by Crippen LogP contribution is 2.31. The van der Waals surface area contributed by atoms with Crippen molar-refractivity contribution in [2.24, 2.45) is 0 Å². The molecule has 0 aromatic heterocycles. The van der Waals surface area contributed by atoms with E-state index in [0.29, 0.717) is 0 Å². The molecule has 0 nitrogen and oxygen atoms in total. The number of benzene rings is 5. The number of hydrogen-bond acceptors (Lipinski definition) is 0. The van der Waals surface area contributed by atoms with Gasteiger partial charge in [0.15, 0.2) is 0 Å². The lowest BCUT2D eigenvalue weighted by atomic mass is 9.92. The molecule has 118 valence electrons. The van der Waals surface area contributed by atoms with Crippen LogP contribution >= 0.6 is 0 Å². The van der Waals surface area contributed by atoms with Gasteiger partial charge in [-0.15, -0.1) is 0 Å². The lowest BCUT2D eigenvalue weighted by molar-refractivity contribution is 1.24. The Labute approximate surface area is 147 Å². The predicted octanol–water partition coefficient (Wildman–Crippen LogP) is 6.74. The standard InChI is InChI=1S/C25H18/c1-3-12-22-18(8-1)10-7-11-19(22)16-21-17-20-9-2-4-13-23(20)25-15-6-5-14-24(21)25/h1-15,17H,16H2. The van der Waals surface area contributed by atoms with Crippen molar-refractivity contribution in [1.29, 1.82) is 0 Å². The van der Waals surface area contributed by atoms with Crippen LogP contribution in [0, 0.1) is 0 Å². The first-order chi connectivity index (χ1) is 12.4. The van der Waals surface area contributed by atoms with E-state index in [9.17, 15) is 0 Å². The molecule has 0 atom stereocenters. The second kappa shape index (κ2) is 5.75. The maximum absolute atomic E-state index is 2.36. The van der Waals surface area contributed by atoms with Crippen molar-refractivity contribution in [3.05, 3.63) is 108 Å². The van der Waals surface area contributed by atoms with Crippen molar-refractivity contribution in [3.8, 4) is 0 Å². The van der Waals surface area contributed by atoms with Crippen molar-refractivity contribution >= 4 is 32.3 Å². The third kappa shape index (κ3) is 2.38. The molecular formula is C25H18. The van der Waals surface area contributed by atoms with Crippen LogP contribution in [-0.2, 0) is 6.42 Å². The Morgan fingerprint density at radius 3 is 1.84 bits per heavy atom. The van der Waals surface area contributed by atoms with Crippen molar-refractivity contribution in [3.63, 3.8) is 0 Å². The highest BCUT2D eigenvalue weighted by molar-refractivity contribution is 6.09. The highest BCUT2D eigenvalue weighted by atomic mass is 14.1. The Kier molecular flexibility index (Phi) is 3.28. The van der Waals surface area contributed by atoms with Crippen molar-refractivity contribution in [2.45, 2.75) is 6.42 Å². The summed E-state index contributed by atoms with van der Waals surface area (Å²) in [6, 6.07) is 35.1. The summed E-state index contributed by atoms with van der Waals surface area (Å²) >= 11 is 0. The third-order valence-corrected chi connectivity index (χ3v) is 5.11. The van der Waals surface area contributed by atoms with Crippen LogP contribution < -0.4 is 0 Å². The molecule has 0 amide bonds. The van der Waals surface area contributed by atoms with Crippen LogP contribution in [0.25, 0.3) is 32.3 Å². The molecule has 0 bridgehead atoms. The Hall–Kier alpha value is -3.12. The number of rotatable bonds is 2. The van der Waals surface area contributed by atoms with Gasteiger partial charge >= 0.3 is 0 Å². The molecule has 0 heteroatoms. The van der Waals surface area contributed by atoms with Crippen LogP contribution in [0.2, 0.25) is 0 Å². The molecule has 0 saturated heterocycles. The summed E-state index contributed by atoms with van der Waals surface area (Å²) in [5.41, 5.74) is 2.78. The Morgan fingerprint density at radius 1 is 0.400 bits per heavy atom. The second-order valence-corrected chi connectivity index (χ2v) is 6.62. The number of hydrogen-bond donors (Lipinski definition) is 0. The molecule has 0 heterocycles. The van der Waals surface area contributed by atoms with Crippen molar-refractivity contribution in [2.75, 3.05) is 0 Å². The van der Waals surface area contributed by atoms with E-state index in [1.807, 2.05) is 0 Å². The van der Waals surface area contributed by atoms with Gasteiger partial charge in [-0.2, -0.15) is 0 Å². The van der Waals surface area contributed by atoms with E-state index in [1.165, 1.54) is 43.4 Å². The van der Waals surface area contributed by atoms with Crippen LogP contribution in [0.15, 0.2) is 97.1 Å². The molecule has 0 radical (unpaired) electrons. The Bertz CT molecular complexity index is 1210. The molecule has 5 aromatic rings. The van der Waals surface area contributed by atoms with Crippen molar-refractivity contribution in [1.82, 2.24) is 0 Å². The summed E-state index contributed by atoms with van der Waals surface area (Å²) in [5.74, 6) is 0.